The molecule has 0 aliphatic carbocycles. The van der Waals surface area contributed by atoms with Gasteiger partial charge in [0.05, 0.1) is 17.3 Å². The fourth-order valence-corrected chi connectivity index (χ4v) is 2.96. The van der Waals surface area contributed by atoms with Crippen molar-refractivity contribution in [3.05, 3.63) is 46.8 Å². The normalized spacial score (nSPS) is 12.4. The van der Waals surface area contributed by atoms with E-state index >= 15 is 0 Å². The quantitative estimate of drug-likeness (QED) is 0.124. The van der Waals surface area contributed by atoms with Gasteiger partial charge in [-0.25, -0.2) is 14.6 Å². The van der Waals surface area contributed by atoms with Gasteiger partial charge in [-0.05, 0) is 39.8 Å². The van der Waals surface area contributed by atoms with E-state index in [-0.39, 0.29) is 32.2 Å². The minimum absolute atomic E-state index is 0.0883. The number of ether oxygens (including phenoxy) is 1. The zero-order valence-electron chi connectivity index (χ0n) is 22.4. The van der Waals surface area contributed by atoms with Gasteiger partial charge in [0.1, 0.15) is 30.6 Å². The lowest BCUT2D eigenvalue weighted by Crippen LogP contribution is -2.53. The van der Waals surface area contributed by atoms with E-state index in [4.69, 9.17) is 14.9 Å². The molecule has 0 fully saturated rings. The maximum atomic E-state index is 12.3. The number of aliphatic carboxylic acids is 2. The lowest BCUT2D eigenvalue weighted by Gasteiger charge is -2.30. The highest BCUT2D eigenvalue weighted by molar-refractivity contribution is 5.89. The number of benzene rings is 1. The van der Waals surface area contributed by atoms with Crippen LogP contribution in [0.1, 0.15) is 27.7 Å². The predicted molar refractivity (Wildman–Crippen MR) is 138 cm³/mol. The van der Waals surface area contributed by atoms with Crippen molar-refractivity contribution in [1.82, 2.24) is 20.2 Å². The zero-order chi connectivity index (χ0) is 29.8. The van der Waals surface area contributed by atoms with E-state index in [1.165, 1.54) is 0 Å². The van der Waals surface area contributed by atoms with Crippen LogP contribution in [0.5, 0.6) is 5.75 Å². The van der Waals surface area contributed by atoms with Gasteiger partial charge in [0.25, 0.3) is 5.09 Å². The summed E-state index contributed by atoms with van der Waals surface area (Å²) in [6, 6.07) is 5.56. The number of β-amino-alcohol motifs (C(OH)–C–C–N with tert-alkyl or cyclic N) is 1. The van der Waals surface area contributed by atoms with Crippen molar-refractivity contribution in [2.24, 2.45) is 12.5 Å². The van der Waals surface area contributed by atoms with Crippen LogP contribution in [0.15, 0.2) is 36.7 Å². The molecule has 2 rings (SSSR count). The second kappa shape index (κ2) is 14.6. The Morgan fingerprint density at radius 3 is 2.36 bits per heavy atom. The number of carboxylic acid groups (broad SMARTS) is 2. The van der Waals surface area contributed by atoms with E-state index in [1.54, 1.807) is 20.2 Å². The molecule has 0 spiro atoms. The van der Waals surface area contributed by atoms with Crippen LogP contribution in [-0.4, -0.2) is 85.7 Å². The summed E-state index contributed by atoms with van der Waals surface area (Å²) >= 11 is 0. The first-order valence-corrected chi connectivity index (χ1v) is 11.7. The fraction of sp³-hybridized carbons (Fsp3) is 0.500. The summed E-state index contributed by atoms with van der Waals surface area (Å²) in [5, 5.41) is 41.3. The molecule has 0 saturated heterocycles. The molecule has 0 bridgehead atoms. The third-order valence-electron chi connectivity index (χ3n) is 5.15. The molecule has 0 aliphatic heterocycles. The lowest BCUT2D eigenvalue weighted by molar-refractivity contribution is -0.760. The van der Waals surface area contributed by atoms with Crippen molar-refractivity contribution >= 4 is 28.9 Å². The smallest absolute Gasteiger partial charge is 0.328 e. The number of aryl methyl sites for hydroxylation is 1. The second-order valence-corrected chi connectivity index (χ2v) is 9.78. The first kappa shape index (κ1) is 32.8. The monoisotopic (exact) mass is 553 g/mol. The first-order chi connectivity index (χ1) is 18.0. The van der Waals surface area contributed by atoms with Crippen LogP contribution in [0.2, 0.25) is 0 Å². The first-order valence-electron chi connectivity index (χ1n) is 11.7. The zero-order valence-corrected chi connectivity index (χ0v) is 22.4. The van der Waals surface area contributed by atoms with Gasteiger partial charge in [0.2, 0.25) is 5.91 Å². The molecule has 1 heterocycles. The number of nitrogens with one attached hydrogen (secondary N) is 2. The molecule has 0 aliphatic rings. The number of carbonyl (C=O) groups is 3. The number of hydrogen-bond donors (Lipinski definition) is 5. The highest BCUT2D eigenvalue weighted by Gasteiger charge is 2.30. The molecule has 5 N–H and O–H groups in total. The molecule has 1 amide bonds. The number of hydrogen-bond acceptors (Lipinski definition) is 10. The van der Waals surface area contributed by atoms with Crippen LogP contribution in [0.3, 0.4) is 0 Å². The van der Waals surface area contributed by atoms with E-state index in [9.17, 15) is 29.6 Å². The number of amides is 1. The molecule has 2 aromatic rings. The predicted octanol–water partition coefficient (Wildman–Crippen LogP) is 0.744. The Bertz CT molecular complexity index is 1160. The van der Waals surface area contributed by atoms with Gasteiger partial charge in [-0.1, -0.05) is 6.07 Å². The number of carboxylic acids is 2. The number of fused-ring (bicyclic) bond motifs is 1. The summed E-state index contributed by atoms with van der Waals surface area (Å²) in [5.41, 5.74) is 0.0904. The van der Waals surface area contributed by atoms with Crippen LogP contribution >= 0.6 is 0 Å². The SMILES string of the molecule is Cn1cnc2cccc(OCC(O)CNC(C)(C)CNC(=O)C(C)(C)CO[N+](=O)[O-])c21.O=C(O)/C=C/C(=O)O. The standard InChI is InChI=1S/C20H31N5O6.C4H4O4/c1-19(2,12-31-25(28)29)18(27)21-11-20(3,4)23-9-14(26)10-30-16-8-6-7-15-17(16)24(5)13-22-15;5-3(6)1-2-4(7)8/h6-8,13-14,23,26H,9-12H2,1-5H3,(H,21,27);1-2H,(H,5,6)(H,7,8)/b;2-1+. The van der Waals surface area contributed by atoms with Gasteiger partial charge < -0.3 is 40.1 Å². The number of rotatable bonds is 14. The third-order valence-corrected chi connectivity index (χ3v) is 5.15. The summed E-state index contributed by atoms with van der Waals surface area (Å²) in [7, 11) is 1.88. The van der Waals surface area contributed by atoms with Crippen molar-refractivity contribution in [2.75, 3.05) is 26.3 Å². The minimum Gasteiger partial charge on any atom is -0.489 e. The van der Waals surface area contributed by atoms with Gasteiger partial charge in [0, 0.05) is 37.8 Å². The number of aliphatic hydroxyl groups is 1. The largest absolute Gasteiger partial charge is 0.489 e. The van der Waals surface area contributed by atoms with Crippen LogP contribution in [0, 0.1) is 15.5 Å². The number of para-hydroxylation sites is 1. The number of imidazole rings is 1. The molecule has 15 nitrogen and oxygen atoms in total. The highest BCUT2D eigenvalue weighted by atomic mass is 16.9. The van der Waals surface area contributed by atoms with Crippen molar-refractivity contribution in [2.45, 2.75) is 39.3 Å². The Morgan fingerprint density at radius 1 is 1.18 bits per heavy atom. The van der Waals surface area contributed by atoms with Crippen molar-refractivity contribution < 1.29 is 44.4 Å². The van der Waals surface area contributed by atoms with E-state index in [0.29, 0.717) is 17.9 Å². The average Bonchev–Trinajstić information content (AvgIpc) is 3.24. The molecule has 39 heavy (non-hydrogen) atoms. The molecule has 0 saturated carbocycles. The molecule has 1 atom stereocenters. The summed E-state index contributed by atoms with van der Waals surface area (Å²) in [6.07, 6.45) is 2.05. The fourth-order valence-electron chi connectivity index (χ4n) is 2.96. The summed E-state index contributed by atoms with van der Waals surface area (Å²) in [6.45, 7) is 7.14. The molecular weight excluding hydrogens is 518 g/mol. The Morgan fingerprint density at radius 2 is 1.79 bits per heavy atom. The molecule has 1 aromatic carbocycles. The molecule has 216 valence electrons. The Hall–Kier alpha value is -4.24. The average molecular weight is 554 g/mol. The van der Waals surface area contributed by atoms with Crippen molar-refractivity contribution in [1.29, 1.82) is 0 Å². The molecule has 0 radical (unpaired) electrons. The number of aromatic nitrogens is 2. The Labute approximate surface area is 224 Å². The van der Waals surface area contributed by atoms with Crippen LogP contribution < -0.4 is 15.4 Å². The molecule has 1 unspecified atom stereocenters. The number of aliphatic hydroxyl groups excluding tert-OH is 1. The Kier molecular flexibility index (Phi) is 12.3. The van der Waals surface area contributed by atoms with Gasteiger partial charge in [-0.15, -0.1) is 10.1 Å². The second-order valence-electron chi connectivity index (χ2n) is 9.78. The molecule has 1 aromatic heterocycles. The van der Waals surface area contributed by atoms with E-state index in [1.807, 2.05) is 43.7 Å². The third kappa shape index (κ3) is 12.2. The Balaban J connectivity index is 0.000000824. The number of nitrogens with zero attached hydrogens (tertiary/aromatic N) is 3. The van der Waals surface area contributed by atoms with Crippen molar-refractivity contribution in [3.8, 4) is 5.75 Å². The minimum atomic E-state index is -1.26. The summed E-state index contributed by atoms with van der Waals surface area (Å²) < 4.78 is 7.65. The lowest BCUT2D eigenvalue weighted by atomic mass is 9.93. The van der Waals surface area contributed by atoms with Gasteiger partial charge >= 0.3 is 11.9 Å². The van der Waals surface area contributed by atoms with Crippen LogP contribution in [0.25, 0.3) is 11.0 Å². The maximum absolute atomic E-state index is 12.3. The van der Waals surface area contributed by atoms with E-state index in [2.05, 4.69) is 20.5 Å². The van der Waals surface area contributed by atoms with E-state index in [0.717, 1.165) is 11.0 Å². The van der Waals surface area contributed by atoms with Crippen LogP contribution in [-0.2, 0) is 26.3 Å². The maximum Gasteiger partial charge on any atom is 0.328 e. The highest BCUT2D eigenvalue weighted by Crippen LogP contribution is 2.24. The van der Waals surface area contributed by atoms with E-state index < -0.39 is 34.1 Å². The molecular formula is C24H35N5O10. The molecule has 15 heteroatoms. The summed E-state index contributed by atoms with van der Waals surface area (Å²) in [4.78, 5) is 50.4. The van der Waals surface area contributed by atoms with Crippen LogP contribution in [0.4, 0.5) is 0 Å². The van der Waals surface area contributed by atoms with Gasteiger partial charge in [0.15, 0.2) is 0 Å². The van der Waals surface area contributed by atoms with Gasteiger partial charge in [-0.3, -0.25) is 4.79 Å². The number of carbonyl (C=O) groups excluding carboxylic acids is 1. The van der Waals surface area contributed by atoms with Crippen molar-refractivity contribution in [3.63, 3.8) is 0 Å². The topological polar surface area (TPSA) is 215 Å². The summed E-state index contributed by atoms with van der Waals surface area (Å²) in [5.74, 6) is -2.24. The van der Waals surface area contributed by atoms with Gasteiger partial charge in [-0.2, -0.15) is 0 Å².